The van der Waals surface area contributed by atoms with Crippen LogP contribution in [0.1, 0.15) is 34.3 Å². The molecule has 2 aromatic rings. The maximum absolute atomic E-state index is 12.9. The Balaban J connectivity index is 1.52. The molecule has 0 atom stereocenters. The molecule has 0 bridgehead atoms. The Morgan fingerprint density at radius 1 is 1.10 bits per heavy atom. The molecule has 1 fully saturated rings. The average Bonchev–Trinajstić information content (AvgIpc) is 2.68. The van der Waals surface area contributed by atoms with Gasteiger partial charge < -0.3 is 5.32 Å². The van der Waals surface area contributed by atoms with Crippen molar-refractivity contribution in [2.24, 2.45) is 0 Å². The molecule has 1 saturated heterocycles. The Morgan fingerprint density at radius 2 is 1.73 bits per heavy atom. The quantitative estimate of drug-likeness (QED) is 0.773. The van der Waals surface area contributed by atoms with Crippen LogP contribution in [0.3, 0.4) is 0 Å². The predicted molar refractivity (Wildman–Crippen MR) is 107 cm³/mol. The van der Waals surface area contributed by atoms with Gasteiger partial charge in [-0.05, 0) is 48.7 Å². The first-order valence-corrected chi connectivity index (χ1v) is 11.4. The molecule has 1 aliphatic rings. The highest BCUT2D eigenvalue weighted by Gasteiger charge is 2.30. The van der Waals surface area contributed by atoms with Crippen LogP contribution in [0.15, 0.2) is 53.4 Å². The highest BCUT2D eigenvalue weighted by atomic mass is 32.2. The van der Waals surface area contributed by atoms with Gasteiger partial charge in [0.15, 0.2) is 9.84 Å². The Hall–Kier alpha value is -2.39. The minimum absolute atomic E-state index is 0.0372. The van der Waals surface area contributed by atoms with Crippen molar-refractivity contribution < 1.29 is 26.4 Å². The normalized spacial score (nSPS) is 16.4. The fourth-order valence-corrected chi connectivity index (χ4v) is 4.09. The molecule has 5 nitrogen and oxygen atoms in total. The lowest BCUT2D eigenvalue weighted by atomic mass is 10.0. The number of nitrogens with one attached hydrogen (secondary N) is 1. The molecule has 0 aliphatic carbocycles. The number of rotatable bonds is 5. The van der Waals surface area contributed by atoms with Crippen LogP contribution in [0.2, 0.25) is 0 Å². The number of nitrogens with zero attached hydrogens (tertiary/aromatic N) is 1. The molecule has 0 radical (unpaired) electrons. The number of hydrogen-bond donors (Lipinski definition) is 1. The third kappa shape index (κ3) is 5.82. The molecule has 1 aliphatic heterocycles. The van der Waals surface area contributed by atoms with Crippen LogP contribution in [-0.4, -0.2) is 44.6 Å². The minimum atomic E-state index is -4.35. The summed E-state index contributed by atoms with van der Waals surface area (Å²) in [7, 11) is -3.32. The summed E-state index contributed by atoms with van der Waals surface area (Å²) in [6.45, 7) is 1.75. The number of benzene rings is 2. The van der Waals surface area contributed by atoms with E-state index in [-0.39, 0.29) is 16.8 Å². The SMILES string of the molecule is CS(=O)(=O)c1ccc(C(=O)NC2CCN(Cc3cccc(C(F)(F)F)c3)CC2)cc1. The van der Waals surface area contributed by atoms with Crippen LogP contribution in [0.25, 0.3) is 0 Å². The van der Waals surface area contributed by atoms with Crippen molar-refractivity contribution in [2.75, 3.05) is 19.3 Å². The molecule has 1 amide bonds. The Kier molecular flexibility index (Phi) is 6.52. The molecule has 1 N–H and O–H groups in total. The van der Waals surface area contributed by atoms with E-state index in [1.165, 1.54) is 36.4 Å². The van der Waals surface area contributed by atoms with Gasteiger partial charge in [0.25, 0.3) is 5.91 Å². The van der Waals surface area contributed by atoms with Crippen LogP contribution in [0.4, 0.5) is 13.2 Å². The Morgan fingerprint density at radius 3 is 2.30 bits per heavy atom. The lowest BCUT2D eigenvalue weighted by molar-refractivity contribution is -0.137. The summed E-state index contributed by atoms with van der Waals surface area (Å²) in [6.07, 6.45) is -1.87. The van der Waals surface area contributed by atoms with Crippen LogP contribution in [0.5, 0.6) is 0 Å². The fourth-order valence-electron chi connectivity index (χ4n) is 3.46. The molecule has 0 aromatic heterocycles. The summed E-state index contributed by atoms with van der Waals surface area (Å²) < 4.78 is 61.6. The zero-order chi connectivity index (χ0) is 21.9. The van der Waals surface area contributed by atoms with Crippen molar-refractivity contribution in [1.82, 2.24) is 10.2 Å². The molecule has 3 rings (SSSR count). The number of carbonyl (C=O) groups is 1. The van der Waals surface area contributed by atoms with Crippen molar-refractivity contribution in [2.45, 2.75) is 36.5 Å². The maximum atomic E-state index is 12.9. The van der Waals surface area contributed by atoms with E-state index >= 15 is 0 Å². The molecule has 30 heavy (non-hydrogen) atoms. The first-order chi connectivity index (χ1) is 14.0. The Labute approximate surface area is 173 Å². The van der Waals surface area contributed by atoms with E-state index in [0.29, 0.717) is 43.6 Å². The molecular weight excluding hydrogens is 417 g/mol. The largest absolute Gasteiger partial charge is 0.416 e. The van der Waals surface area contributed by atoms with Crippen molar-refractivity contribution in [1.29, 1.82) is 0 Å². The van der Waals surface area contributed by atoms with Gasteiger partial charge in [-0.3, -0.25) is 9.69 Å². The second kappa shape index (κ2) is 8.77. The number of carbonyl (C=O) groups excluding carboxylic acids is 1. The van der Waals surface area contributed by atoms with E-state index in [1.54, 1.807) is 6.07 Å². The van der Waals surface area contributed by atoms with Crippen LogP contribution >= 0.6 is 0 Å². The second-order valence-corrected chi connectivity index (χ2v) is 9.53. The molecule has 9 heteroatoms. The van der Waals surface area contributed by atoms with Crippen molar-refractivity contribution in [3.63, 3.8) is 0 Å². The summed E-state index contributed by atoms with van der Waals surface area (Å²) in [6, 6.07) is 11.1. The van der Waals surface area contributed by atoms with Crippen molar-refractivity contribution >= 4 is 15.7 Å². The fraction of sp³-hybridized carbons (Fsp3) is 0.381. The van der Waals surface area contributed by atoms with Crippen molar-refractivity contribution in [3.05, 3.63) is 65.2 Å². The second-order valence-electron chi connectivity index (χ2n) is 7.52. The van der Waals surface area contributed by atoms with Gasteiger partial charge in [0.2, 0.25) is 0 Å². The molecular formula is C21H23F3N2O3S. The molecule has 2 aromatic carbocycles. The summed E-state index contributed by atoms with van der Waals surface area (Å²) in [4.78, 5) is 14.6. The monoisotopic (exact) mass is 440 g/mol. The van der Waals surface area contributed by atoms with Crippen LogP contribution in [-0.2, 0) is 22.6 Å². The zero-order valence-corrected chi connectivity index (χ0v) is 17.3. The highest BCUT2D eigenvalue weighted by Crippen LogP contribution is 2.30. The topological polar surface area (TPSA) is 66.5 Å². The number of likely N-dealkylation sites (tertiary alicyclic amines) is 1. The molecule has 0 spiro atoms. The first kappa shape index (κ1) is 22.3. The number of piperidine rings is 1. The number of halogens is 3. The summed E-state index contributed by atoms with van der Waals surface area (Å²) in [5.74, 6) is -0.272. The first-order valence-electron chi connectivity index (χ1n) is 9.52. The minimum Gasteiger partial charge on any atom is -0.349 e. The van der Waals surface area contributed by atoms with Gasteiger partial charge in [-0.25, -0.2) is 8.42 Å². The van der Waals surface area contributed by atoms with E-state index in [1.807, 2.05) is 0 Å². The predicted octanol–water partition coefficient (Wildman–Crippen LogP) is 3.50. The van der Waals surface area contributed by atoms with Crippen molar-refractivity contribution in [3.8, 4) is 0 Å². The van der Waals surface area contributed by atoms with E-state index in [0.717, 1.165) is 12.3 Å². The molecule has 162 valence electrons. The molecule has 0 saturated carbocycles. The summed E-state index contributed by atoms with van der Waals surface area (Å²) >= 11 is 0. The van der Waals surface area contributed by atoms with Gasteiger partial charge in [-0.15, -0.1) is 0 Å². The molecule has 1 heterocycles. The van der Waals surface area contributed by atoms with E-state index < -0.39 is 21.6 Å². The number of sulfone groups is 1. The van der Waals surface area contributed by atoms with Gasteiger partial charge >= 0.3 is 6.18 Å². The van der Waals surface area contributed by atoms with Crippen LogP contribution in [0, 0.1) is 0 Å². The highest BCUT2D eigenvalue weighted by molar-refractivity contribution is 7.90. The van der Waals surface area contributed by atoms with E-state index in [2.05, 4.69) is 10.2 Å². The Bertz CT molecular complexity index is 997. The lowest BCUT2D eigenvalue weighted by Gasteiger charge is -2.32. The number of alkyl halides is 3. The summed E-state index contributed by atoms with van der Waals surface area (Å²) in [5.41, 5.74) is 0.344. The third-order valence-corrected chi connectivity index (χ3v) is 6.26. The average molecular weight is 440 g/mol. The van der Waals surface area contributed by atoms with E-state index in [4.69, 9.17) is 0 Å². The maximum Gasteiger partial charge on any atom is 0.416 e. The smallest absolute Gasteiger partial charge is 0.349 e. The van der Waals surface area contributed by atoms with Crippen LogP contribution < -0.4 is 5.32 Å². The zero-order valence-electron chi connectivity index (χ0n) is 16.4. The standard InChI is InChI=1S/C21H23F3N2O3S/c1-30(28,29)19-7-5-16(6-8-19)20(27)25-18-9-11-26(12-10-18)14-15-3-2-4-17(13-15)21(22,23)24/h2-8,13,18H,9-12,14H2,1H3,(H,25,27). The van der Waals surface area contributed by atoms with Gasteiger partial charge in [-0.1, -0.05) is 18.2 Å². The third-order valence-electron chi connectivity index (χ3n) is 5.13. The summed E-state index contributed by atoms with van der Waals surface area (Å²) in [5, 5.41) is 2.94. The molecule has 0 unspecified atom stereocenters. The van der Waals surface area contributed by atoms with Gasteiger partial charge in [0, 0.05) is 37.5 Å². The van der Waals surface area contributed by atoms with Gasteiger partial charge in [0.05, 0.1) is 10.5 Å². The number of amides is 1. The van der Waals surface area contributed by atoms with E-state index in [9.17, 15) is 26.4 Å². The lowest BCUT2D eigenvalue weighted by Crippen LogP contribution is -2.44. The number of hydrogen-bond acceptors (Lipinski definition) is 4. The van der Waals surface area contributed by atoms with Gasteiger partial charge in [-0.2, -0.15) is 13.2 Å². The van der Waals surface area contributed by atoms with Gasteiger partial charge in [0.1, 0.15) is 0 Å².